The third-order valence-electron chi connectivity index (χ3n) is 2.19. The van der Waals surface area contributed by atoms with E-state index in [-0.39, 0.29) is 0 Å². The number of thioether (sulfide) groups is 1. The summed E-state index contributed by atoms with van der Waals surface area (Å²) in [6.07, 6.45) is 3.64. The molecule has 0 bridgehead atoms. The van der Waals surface area contributed by atoms with Gasteiger partial charge in [0.2, 0.25) is 0 Å². The molecule has 1 N–H and O–H groups in total. The predicted molar refractivity (Wildman–Crippen MR) is 68.0 cm³/mol. The molecule has 0 aliphatic heterocycles. The summed E-state index contributed by atoms with van der Waals surface area (Å²) in [6, 6.07) is 3.73. The highest BCUT2D eigenvalue weighted by Crippen LogP contribution is 2.22. The van der Waals surface area contributed by atoms with Crippen molar-refractivity contribution < 1.29 is 0 Å². The van der Waals surface area contributed by atoms with E-state index in [1.807, 2.05) is 19.2 Å². The van der Waals surface area contributed by atoms with Crippen LogP contribution in [-0.2, 0) is 0 Å². The summed E-state index contributed by atoms with van der Waals surface area (Å²) in [5, 5.41) is 13.5. The van der Waals surface area contributed by atoms with Crippen LogP contribution in [-0.4, -0.2) is 27.8 Å². The highest BCUT2D eigenvalue weighted by Gasteiger charge is 2.08. The molecule has 0 radical (unpaired) electrons. The second-order valence-electron chi connectivity index (χ2n) is 3.29. The molecule has 6 heteroatoms. The maximum absolute atomic E-state index is 8.91. The Morgan fingerprint density at radius 1 is 1.47 bits per heavy atom. The number of rotatable bonds is 3. The molecule has 0 spiro atoms. The monoisotopic (exact) mass is 245 g/mol. The number of aromatic nitrogens is 3. The van der Waals surface area contributed by atoms with Crippen molar-refractivity contribution in [1.82, 2.24) is 15.0 Å². The SMILES string of the molecule is CCNc1nc(C#N)cc2cnc(SC)nc12. The second-order valence-corrected chi connectivity index (χ2v) is 4.07. The van der Waals surface area contributed by atoms with Gasteiger partial charge in [0.15, 0.2) is 11.0 Å². The van der Waals surface area contributed by atoms with Crippen molar-refractivity contribution in [3.05, 3.63) is 18.0 Å². The number of nitriles is 1. The fourth-order valence-electron chi connectivity index (χ4n) is 1.47. The Morgan fingerprint density at radius 3 is 2.94 bits per heavy atom. The van der Waals surface area contributed by atoms with Gasteiger partial charge in [0.05, 0.1) is 0 Å². The average molecular weight is 245 g/mol. The van der Waals surface area contributed by atoms with Crippen molar-refractivity contribution in [2.24, 2.45) is 0 Å². The largest absolute Gasteiger partial charge is 0.368 e. The average Bonchev–Trinajstić information content (AvgIpc) is 2.38. The lowest BCUT2D eigenvalue weighted by atomic mass is 10.2. The summed E-state index contributed by atoms with van der Waals surface area (Å²) >= 11 is 1.48. The van der Waals surface area contributed by atoms with E-state index < -0.39 is 0 Å². The Bertz CT molecular complexity index is 590. The van der Waals surface area contributed by atoms with E-state index in [0.29, 0.717) is 16.7 Å². The molecular formula is C11H11N5S. The van der Waals surface area contributed by atoms with Crippen LogP contribution in [0, 0.1) is 11.3 Å². The van der Waals surface area contributed by atoms with Crippen LogP contribution in [0.15, 0.2) is 17.4 Å². The summed E-state index contributed by atoms with van der Waals surface area (Å²) < 4.78 is 0. The number of hydrogen-bond acceptors (Lipinski definition) is 6. The summed E-state index contributed by atoms with van der Waals surface area (Å²) in [6.45, 7) is 2.71. The van der Waals surface area contributed by atoms with Crippen molar-refractivity contribution in [1.29, 1.82) is 5.26 Å². The summed E-state index contributed by atoms with van der Waals surface area (Å²) in [7, 11) is 0. The lowest BCUT2D eigenvalue weighted by Crippen LogP contribution is -2.03. The van der Waals surface area contributed by atoms with Gasteiger partial charge in [-0.2, -0.15) is 5.26 Å². The molecular weight excluding hydrogens is 234 g/mol. The molecule has 0 saturated carbocycles. The first-order valence-corrected chi connectivity index (χ1v) is 6.36. The summed E-state index contributed by atoms with van der Waals surface area (Å²) in [5.74, 6) is 0.638. The Hall–Kier alpha value is -1.87. The molecule has 0 fully saturated rings. The molecule has 0 unspecified atom stereocenters. The quantitative estimate of drug-likeness (QED) is 0.659. The lowest BCUT2D eigenvalue weighted by Gasteiger charge is -2.07. The molecule has 17 heavy (non-hydrogen) atoms. The zero-order chi connectivity index (χ0) is 12.3. The molecule has 0 aliphatic carbocycles. The molecule has 0 aromatic carbocycles. The van der Waals surface area contributed by atoms with Crippen molar-refractivity contribution in [3.8, 4) is 6.07 Å². The summed E-state index contributed by atoms with van der Waals surface area (Å²) in [5.41, 5.74) is 1.12. The zero-order valence-electron chi connectivity index (χ0n) is 9.56. The molecule has 0 atom stereocenters. The van der Waals surface area contributed by atoms with E-state index in [0.717, 1.165) is 17.4 Å². The first-order chi connectivity index (χ1) is 8.28. The standard InChI is InChI=1S/C11H11N5S/c1-3-13-10-9-7(4-8(5-12)15-10)6-14-11(16-9)17-2/h4,6H,3H2,1-2H3,(H,13,15). The van der Waals surface area contributed by atoms with Gasteiger partial charge in [0, 0.05) is 18.1 Å². The number of nitrogens with one attached hydrogen (secondary N) is 1. The van der Waals surface area contributed by atoms with Crippen molar-refractivity contribution >= 4 is 28.5 Å². The first kappa shape index (κ1) is 11.6. The van der Waals surface area contributed by atoms with Crippen LogP contribution in [0.25, 0.3) is 10.9 Å². The van der Waals surface area contributed by atoms with Gasteiger partial charge in [0.25, 0.3) is 0 Å². The number of anilines is 1. The maximum atomic E-state index is 8.91. The molecule has 5 nitrogen and oxygen atoms in total. The third kappa shape index (κ3) is 2.29. The van der Waals surface area contributed by atoms with E-state index in [9.17, 15) is 0 Å². The van der Waals surface area contributed by atoms with E-state index in [4.69, 9.17) is 5.26 Å². The Kier molecular flexibility index (Phi) is 3.40. The molecule has 0 amide bonds. The Balaban J connectivity index is 2.68. The van der Waals surface area contributed by atoms with E-state index in [1.165, 1.54) is 11.8 Å². The minimum atomic E-state index is 0.369. The first-order valence-electron chi connectivity index (χ1n) is 5.14. The fourth-order valence-corrected chi connectivity index (χ4v) is 1.81. The zero-order valence-corrected chi connectivity index (χ0v) is 10.4. The normalized spacial score (nSPS) is 10.2. The van der Waals surface area contributed by atoms with Crippen LogP contribution < -0.4 is 5.32 Å². The smallest absolute Gasteiger partial charge is 0.187 e. The predicted octanol–water partition coefficient (Wildman–Crippen LogP) is 2.05. The van der Waals surface area contributed by atoms with Crippen molar-refractivity contribution in [3.63, 3.8) is 0 Å². The summed E-state index contributed by atoms with van der Waals surface area (Å²) in [4.78, 5) is 12.8. The highest BCUT2D eigenvalue weighted by molar-refractivity contribution is 7.98. The van der Waals surface area contributed by atoms with Gasteiger partial charge in [-0.25, -0.2) is 15.0 Å². The lowest BCUT2D eigenvalue weighted by molar-refractivity contribution is 1.000. The van der Waals surface area contributed by atoms with Gasteiger partial charge in [-0.15, -0.1) is 0 Å². The molecule has 86 valence electrons. The maximum Gasteiger partial charge on any atom is 0.187 e. The highest BCUT2D eigenvalue weighted by atomic mass is 32.2. The van der Waals surface area contributed by atoms with Gasteiger partial charge in [-0.1, -0.05) is 11.8 Å². The van der Waals surface area contributed by atoms with Gasteiger partial charge >= 0.3 is 0 Å². The van der Waals surface area contributed by atoms with Crippen LogP contribution in [0.4, 0.5) is 5.82 Å². The molecule has 0 saturated heterocycles. The van der Waals surface area contributed by atoms with Crippen molar-refractivity contribution in [2.75, 3.05) is 18.1 Å². The molecule has 2 rings (SSSR count). The Labute approximate surface area is 103 Å². The van der Waals surface area contributed by atoms with Gasteiger partial charge in [0.1, 0.15) is 17.3 Å². The van der Waals surface area contributed by atoms with E-state index in [1.54, 1.807) is 12.3 Å². The minimum Gasteiger partial charge on any atom is -0.368 e. The number of fused-ring (bicyclic) bond motifs is 1. The molecule has 2 heterocycles. The number of nitrogens with zero attached hydrogens (tertiary/aromatic N) is 4. The fraction of sp³-hybridized carbons (Fsp3) is 0.273. The topological polar surface area (TPSA) is 74.5 Å². The van der Waals surface area contributed by atoms with Crippen molar-refractivity contribution in [2.45, 2.75) is 12.1 Å². The molecule has 2 aromatic heterocycles. The van der Waals surface area contributed by atoms with Gasteiger partial charge in [-0.05, 0) is 19.2 Å². The molecule has 0 aliphatic rings. The van der Waals surface area contributed by atoms with E-state index >= 15 is 0 Å². The minimum absolute atomic E-state index is 0.369. The van der Waals surface area contributed by atoms with Crippen LogP contribution >= 0.6 is 11.8 Å². The Morgan fingerprint density at radius 2 is 2.29 bits per heavy atom. The van der Waals surface area contributed by atoms with Crippen LogP contribution in [0.2, 0.25) is 0 Å². The molecule has 2 aromatic rings. The van der Waals surface area contributed by atoms with Crippen LogP contribution in [0.5, 0.6) is 0 Å². The number of pyridine rings is 1. The van der Waals surface area contributed by atoms with Gasteiger partial charge in [-0.3, -0.25) is 0 Å². The van der Waals surface area contributed by atoms with Crippen LogP contribution in [0.3, 0.4) is 0 Å². The second kappa shape index (κ2) is 4.97. The van der Waals surface area contributed by atoms with Gasteiger partial charge < -0.3 is 5.32 Å². The number of hydrogen-bond donors (Lipinski definition) is 1. The van der Waals surface area contributed by atoms with E-state index in [2.05, 4.69) is 20.3 Å². The van der Waals surface area contributed by atoms with Crippen LogP contribution in [0.1, 0.15) is 12.6 Å². The third-order valence-corrected chi connectivity index (χ3v) is 2.75.